The standard InChI is InChI=1S/C29H36N2O3/c1-4-31(5-2)18-19-33-24-14-15-25-23(20-24)16-17-30-28(25)26-12-9-13-27(32-3)29(26)34-21-22-10-7-6-8-11-22/h6-15,20,28,30H,4-5,16-19,21H2,1-3H3. The van der Waals surface area contributed by atoms with Gasteiger partial charge < -0.3 is 24.4 Å². The Kier molecular flexibility index (Phi) is 8.45. The van der Waals surface area contributed by atoms with Crippen molar-refractivity contribution in [1.82, 2.24) is 10.2 Å². The number of hydrogen-bond donors (Lipinski definition) is 1. The second-order valence-electron chi connectivity index (χ2n) is 8.53. The largest absolute Gasteiger partial charge is 0.493 e. The fourth-order valence-corrected chi connectivity index (χ4v) is 4.55. The first-order chi connectivity index (χ1) is 16.7. The van der Waals surface area contributed by atoms with Crippen molar-refractivity contribution in [3.63, 3.8) is 0 Å². The lowest BCUT2D eigenvalue weighted by molar-refractivity contribution is 0.222. The van der Waals surface area contributed by atoms with Gasteiger partial charge in [0.1, 0.15) is 19.0 Å². The number of benzene rings is 3. The molecule has 5 heteroatoms. The molecule has 0 amide bonds. The Morgan fingerprint density at radius 2 is 1.74 bits per heavy atom. The fourth-order valence-electron chi connectivity index (χ4n) is 4.55. The highest BCUT2D eigenvalue weighted by Crippen LogP contribution is 2.40. The lowest BCUT2D eigenvalue weighted by atomic mass is 9.89. The molecule has 34 heavy (non-hydrogen) atoms. The van der Waals surface area contributed by atoms with Crippen LogP contribution in [0.25, 0.3) is 0 Å². The molecule has 0 fully saturated rings. The summed E-state index contributed by atoms with van der Waals surface area (Å²) in [5.41, 5.74) is 4.80. The predicted octanol–water partition coefficient (Wildman–Crippen LogP) is 5.23. The Bertz CT molecular complexity index is 1050. The van der Waals surface area contributed by atoms with Gasteiger partial charge in [-0.1, -0.05) is 62.4 Å². The molecule has 0 saturated carbocycles. The van der Waals surface area contributed by atoms with Crippen molar-refractivity contribution in [2.75, 3.05) is 39.9 Å². The van der Waals surface area contributed by atoms with Gasteiger partial charge >= 0.3 is 0 Å². The molecule has 1 unspecified atom stereocenters. The maximum atomic E-state index is 6.34. The van der Waals surface area contributed by atoms with Gasteiger partial charge in [-0.15, -0.1) is 0 Å². The first-order valence-corrected chi connectivity index (χ1v) is 12.3. The molecule has 1 aliphatic heterocycles. The van der Waals surface area contributed by atoms with E-state index in [0.717, 1.165) is 61.0 Å². The van der Waals surface area contributed by atoms with Crippen LogP contribution in [-0.4, -0.2) is 44.8 Å². The molecular weight excluding hydrogens is 424 g/mol. The quantitative estimate of drug-likeness (QED) is 0.424. The summed E-state index contributed by atoms with van der Waals surface area (Å²) < 4.78 is 18.1. The summed E-state index contributed by atoms with van der Waals surface area (Å²) in [7, 11) is 1.69. The lowest BCUT2D eigenvalue weighted by Gasteiger charge is -2.29. The van der Waals surface area contributed by atoms with Crippen LogP contribution in [0.4, 0.5) is 0 Å². The Morgan fingerprint density at radius 1 is 0.912 bits per heavy atom. The highest BCUT2D eigenvalue weighted by Gasteiger charge is 2.26. The lowest BCUT2D eigenvalue weighted by Crippen LogP contribution is -2.31. The van der Waals surface area contributed by atoms with Crippen molar-refractivity contribution in [2.24, 2.45) is 0 Å². The van der Waals surface area contributed by atoms with Crippen LogP contribution in [0.5, 0.6) is 17.2 Å². The van der Waals surface area contributed by atoms with Gasteiger partial charge in [-0.25, -0.2) is 0 Å². The number of fused-ring (bicyclic) bond motifs is 1. The van der Waals surface area contributed by atoms with Gasteiger partial charge in [0.15, 0.2) is 11.5 Å². The minimum atomic E-state index is 0.0364. The molecule has 180 valence electrons. The van der Waals surface area contributed by atoms with Crippen LogP contribution in [0.15, 0.2) is 66.7 Å². The van der Waals surface area contributed by atoms with Gasteiger partial charge in [0.25, 0.3) is 0 Å². The van der Waals surface area contributed by atoms with Gasteiger partial charge in [-0.2, -0.15) is 0 Å². The van der Waals surface area contributed by atoms with Crippen molar-refractivity contribution >= 4 is 0 Å². The van der Waals surface area contributed by atoms with Crippen LogP contribution < -0.4 is 19.5 Å². The van der Waals surface area contributed by atoms with Gasteiger partial charge in [-0.05, 0) is 54.4 Å². The van der Waals surface area contributed by atoms with E-state index in [1.165, 1.54) is 11.1 Å². The number of nitrogens with zero attached hydrogens (tertiary/aromatic N) is 1. The number of likely N-dealkylation sites (N-methyl/N-ethyl adjacent to an activating group) is 1. The van der Waals surface area contributed by atoms with Crippen LogP contribution in [0.1, 0.15) is 42.1 Å². The summed E-state index contributed by atoms with van der Waals surface area (Å²) in [5.74, 6) is 2.48. The van der Waals surface area contributed by atoms with E-state index < -0.39 is 0 Å². The average Bonchev–Trinajstić information content (AvgIpc) is 2.90. The summed E-state index contributed by atoms with van der Waals surface area (Å²) in [6, 6.07) is 22.9. The summed E-state index contributed by atoms with van der Waals surface area (Å²) in [6.45, 7) is 9.51. The summed E-state index contributed by atoms with van der Waals surface area (Å²) in [5, 5.41) is 3.69. The molecule has 0 aromatic heterocycles. The van der Waals surface area contributed by atoms with E-state index in [-0.39, 0.29) is 6.04 Å². The molecule has 1 aliphatic rings. The van der Waals surface area contributed by atoms with Crippen LogP contribution in [-0.2, 0) is 13.0 Å². The molecule has 5 nitrogen and oxygen atoms in total. The molecule has 1 heterocycles. The molecule has 0 bridgehead atoms. The zero-order chi connectivity index (χ0) is 23.8. The van der Waals surface area contributed by atoms with Gasteiger partial charge in [0.2, 0.25) is 0 Å². The van der Waals surface area contributed by atoms with E-state index in [1.54, 1.807) is 7.11 Å². The maximum absolute atomic E-state index is 6.34. The number of hydrogen-bond acceptors (Lipinski definition) is 5. The predicted molar refractivity (Wildman–Crippen MR) is 137 cm³/mol. The first kappa shape index (κ1) is 24.1. The maximum Gasteiger partial charge on any atom is 0.166 e. The molecule has 3 aromatic rings. The Balaban J connectivity index is 1.55. The number of rotatable bonds is 11. The number of ether oxygens (including phenoxy) is 3. The van der Waals surface area contributed by atoms with E-state index in [9.17, 15) is 0 Å². The van der Waals surface area contributed by atoms with Crippen LogP contribution in [0.3, 0.4) is 0 Å². The molecule has 1 atom stereocenters. The zero-order valence-corrected chi connectivity index (χ0v) is 20.5. The van der Waals surface area contributed by atoms with E-state index >= 15 is 0 Å². The molecule has 0 radical (unpaired) electrons. The third kappa shape index (κ3) is 5.72. The van der Waals surface area contributed by atoms with Crippen LogP contribution in [0, 0.1) is 0 Å². The molecule has 0 saturated heterocycles. The SMILES string of the molecule is CCN(CC)CCOc1ccc2c(c1)CCNC2c1cccc(OC)c1OCc1ccccc1. The molecule has 4 rings (SSSR count). The van der Waals surface area contributed by atoms with E-state index in [1.807, 2.05) is 30.3 Å². The number of nitrogens with one attached hydrogen (secondary N) is 1. The Hall–Kier alpha value is -3.02. The summed E-state index contributed by atoms with van der Waals surface area (Å²) in [4.78, 5) is 2.37. The van der Waals surface area contributed by atoms with Gasteiger partial charge in [-0.3, -0.25) is 0 Å². The van der Waals surface area contributed by atoms with Crippen LogP contribution in [0.2, 0.25) is 0 Å². The molecular formula is C29H36N2O3. The summed E-state index contributed by atoms with van der Waals surface area (Å²) >= 11 is 0. The van der Waals surface area contributed by atoms with Crippen molar-refractivity contribution < 1.29 is 14.2 Å². The van der Waals surface area contributed by atoms with Crippen molar-refractivity contribution in [3.8, 4) is 17.2 Å². The molecule has 0 spiro atoms. The Morgan fingerprint density at radius 3 is 2.50 bits per heavy atom. The second kappa shape index (κ2) is 11.9. The van der Waals surface area contributed by atoms with E-state index in [4.69, 9.17) is 14.2 Å². The highest BCUT2D eigenvalue weighted by molar-refractivity contribution is 5.53. The molecule has 1 N–H and O–H groups in total. The minimum Gasteiger partial charge on any atom is -0.493 e. The normalized spacial score (nSPS) is 15.1. The van der Waals surface area contributed by atoms with Crippen molar-refractivity contribution in [1.29, 1.82) is 0 Å². The van der Waals surface area contributed by atoms with E-state index in [2.05, 4.69) is 60.5 Å². The topological polar surface area (TPSA) is 43.0 Å². The third-order valence-corrected chi connectivity index (χ3v) is 6.51. The van der Waals surface area contributed by atoms with Crippen molar-refractivity contribution in [3.05, 3.63) is 89.0 Å². The summed E-state index contributed by atoms with van der Waals surface area (Å²) in [6.07, 6.45) is 0.975. The zero-order valence-electron chi connectivity index (χ0n) is 20.5. The third-order valence-electron chi connectivity index (χ3n) is 6.51. The highest BCUT2D eigenvalue weighted by atomic mass is 16.5. The number of para-hydroxylation sites is 1. The minimum absolute atomic E-state index is 0.0364. The van der Waals surface area contributed by atoms with E-state index in [0.29, 0.717) is 13.2 Å². The van der Waals surface area contributed by atoms with Crippen LogP contribution >= 0.6 is 0 Å². The fraction of sp³-hybridized carbons (Fsp3) is 0.379. The average molecular weight is 461 g/mol. The molecule has 3 aromatic carbocycles. The van der Waals surface area contributed by atoms with Gasteiger partial charge in [0, 0.05) is 18.7 Å². The Labute approximate surface area is 203 Å². The van der Waals surface area contributed by atoms with Gasteiger partial charge in [0.05, 0.1) is 13.2 Å². The smallest absolute Gasteiger partial charge is 0.166 e. The number of methoxy groups -OCH3 is 1. The monoisotopic (exact) mass is 460 g/mol. The second-order valence-corrected chi connectivity index (χ2v) is 8.53. The first-order valence-electron chi connectivity index (χ1n) is 12.3. The molecule has 0 aliphatic carbocycles. The van der Waals surface area contributed by atoms with Crippen molar-refractivity contribution in [2.45, 2.75) is 32.9 Å².